The lowest BCUT2D eigenvalue weighted by Crippen LogP contribution is -2.55. The van der Waals surface area contributed by atoms with Crippen molar-refractivity contribution in [3.05, 3.63) is 0 Å². The van der Waals surface area contributed by atoms with Crippen LogP contribution in [0.15, 0.2) is 0 Å². The first-order chi connectivity index (χ1) is 6.18. The van der Waals surface area contributed by atoms with Gasteiger partial charge in [0.05, 0.1) is 0 Å². The monoisotopic (exact) mass is 202 g/mol. The first-order valence-electron chi connectivity index (χ1n) is 5.21. The van der Waals surface area contributed by atoms with Crippen molar-refractivity contribution in [3.63, 3.8) is 0 Å². The van der Waals surface area contributed by atoms with Crippen LogP contribution >= 0.6 is 11.8 Å². The van der Waals surface area contributed by atoms with Crippen molar-refractivity contribution in [2.45, 2.75) is 32.2 Å². The Labute approximate surface area is 86.0 Å². The molecule has 0 aliphatic carbocycles. The van der Waals surface area contributed by atoms with Crippen LogP contribution in [0.5, 0.6) is 0 Å². The number of nitrogens with one attached hydrogen (secondary N) is 1. The van der Waals surface area contributed by atoms with Crippen molar-refractivity contribution < 1.29 is 0 Å². The molecule has 3 heteroatoms. The molecule has 1 aliphatic rings. The predicted molar refractivity (Wildman–Crippen MR) is 61.2 cm³/mol. The first-order valence-corrected chi connectivity index (χ1v) is 6.37. The predicted octanol–water partition coefficient (Wildman–Crippen LogP) is 1.46. The maximum atomic E-state index is 5.85. The van der Waals surface area contributed by atoms with Crippen molar-refractivity contribution in [2.75, 3.05) is 24.6 Å². The third kappa shape index (κ3) is 3.49. The van der Waals surface area contributed by atoms with Crippen molar-refractivity contribution in [2.24, 2.45) is 11.7 Å². The lowest BCUT2D eigenvalue weighted by molar-refractivity contribution is 0.320. The summed E-state index contributed by atoms with van der Waals surface area (Å²) >= 11 is 2.04. The molecule has 3 N–H and O–H groups in total. The maximum Gasteiger partial charge on any atom is 0.0395 e. The van der Waals surface area contributed by atoms with E-state index in [4.69, 9.17) is 5.73 Å². The van der Waals surface area contributed by atoms with Gasteiger partial charge >= 0.3 is 0 Å². The van der Waals surface area contributed by atoms with Crippen LogP contribution in [-0.2, 0) is 0 Å². The van der Waals surface area contributed by atoms with Crippen LogP contribution < -0.4 is 11.1 Å². The Kier molecular flexibility index (Phi) is 4.56. The topological polar surface area (TPSA) is 38.0 Å². The molecule has 0 aromatic carbocycles. The second kappa shape index (κ2) is 5.23. The summed E-state index contributed by atoms with van der Waals surface area (Å²) in [5.41, 5.74) is 6.09. The summed E-state index contributed by atoms with van der Waals surface area (Å²) in [6.45, 7) is 6.37. The fourth-order valence-corrected chi connectivity index (χ4v) is 2.89. The van der Waals surface area contributed by atoms with E-state index in [0.29, 0.717) is 0 Å². The molecule has 1 saturated heterocycles. The molecule has 0 bridgehead atoms. The largest absolute Gasteiger partial charge is 0.329 e. The van der Waals surface area contributed by atoms with Crippen molar-refractivity contribution >= 4 is 11.8 Å². The Bertz CT molecular complexity index is 142. The molecule has 0 aromatic rings. The van der Waals surface area contributed by atoms with E-state index in [0.717, 1.165) is 19.0 Å². The fraction of sp³-hybridized carbons (Fsp3) is 1.00. The zero-order chi connectivity index (χ0) is 9.73. The van der Waals surface area contributed by atoms with E-state index in [1.807, 2.05) is 11.8 Å². The molecular weight excluding hydrogens is 180 g/mol. The van der Waals surface area contributed by atoms with Crippen LogP contribution in [-0.4, -0.2) is 30.1 Å². The number of hydrogen-bond donors (Lipinski definition) is 2. The molecule has 1 rings (SSSR count). The normalized spacial score (nSPS) is 29.5. The molecule has 78 valence electrons. The average molecular weight is 202 g/mol. The highest BCUT2D eigenvalue weighted by molar-refractivity contribution is 7.99. The van der Waals surface area contributed by atoms with Crippen molar-refractivity contribution in [3.8, 4) is 0 Å². The first kappa shape index (κ1) is 11.3. The van der Waals surface area contributed by atoms with E-state index in [1.54, 1.807) is 0 Å². The third-order valence-electron chi connectivity index (χ3n) is 2.60. The number of thioether (sulfide) groups is 1. The summed E-state index contributed by atoms with van der Waals surface area (Å²) in [6.07, 6.45) is 2.57. The van der Waals surface area contributed by atoms with Gasteiger partial charge in [0.25, 0.3) is 0 Å². The van der Waals surface area contributed by atoms with Gasteiger partial charge in [0.2, 0.25) is 0 Å². The van der Waals surface area contributed by atoms with Crippen molar-refractivity contribution in [1.82, 2.24) is 5.32 Å². The van der Waals surface area contributed by atoms with Crippen LogP contribution in [0.25, 0.3) is 0 Å². The molecular formula is C10H22N2S. The molecule has 1 atom stereocenters. The summed E-state index contributed by atoms with van der Waals surface area (Å²) in [5, 5.41) is 3.64. The summed E-state index contributed by atoms with van der Waals surface area (Å²) in [7, 11) is 0. The highest BCUT2D eigenvalue weighted by Crippen LogP contribution is 2.25. The number of rotatable bonds is 4. The van der Waals surface area contributed by atoms with Gasteiger partial charge in [-0.25, -0.2) is 0 Å². The van der Waals surface area contributed by atoms with Gasteiger partial charge in [0, 0.05) is 17.8 Å². The van der Waals surface area contributed by atoms with E-state index < -0.39 is 0 Å². The van der Waals surface area contributed by atoms with Gasteiger partial charge in [-0.3, -0.25) is 0 Å². The molecule has 13 heavy (non-hydrogen) atoms. The van der Waals surface area contributed by atoms with Gasteiger partial charge in [-0.05, 0) is 31.1 Å². The van der Waals surface area contributed by atoms with Gasteiger partial charge in [-0.2, -0.15) is 11.8 Å². The average Bonchev–Trinajstić information content (AvgIpc) is 2.16. The Morgan fingerprint density at radius 3 is 2.77 bits per heavy atom. The summed E-state index contributed by atoms with van der Waals surface area (Å²) < 4.78 is 0. The van der Waals surface area contributed by atoms with Crippen molar-refractivity contribution in [1.29, 1.82) is 0 Å². The molecule has 2 nitrogen and oxygen atoms in total. The van der Waals surface area contributed by atoms with Gasteiger partial charge in [-0.15, -0.1) is 0 Å². The second-order valence-electron chi connectivity index (χ2n) is 4.42. The lowest BCUT2D eigenvalue weighted by atomic mass is 9.95. The Hall–Kier alpha value is 0.270. The minimum absolute atomic E-state index is 0.243. The molecule has 0 aromatic heterocycles. The Morgan fingerprint density at radius 2 is 2.31 bits per heavy atom. The smallest absolute Gasteiger partial charge is 0.0395 e. The van der Waals surface area contributed by atoms with E-state index in [-0.39, 0.29) is 5.54 Å². The minimum atomic E-state index is 0.243. The fourth-order valence-electron chi connectivity index (χ4n) is 1.65. The van der Waals surface area contributed by atoms with Gasteiger partial charge in [0.1, 0.15) is 0 Å². The number of hydrogen-bond acceptors (Lipinski definition) is 3. The van der Waals surface area contributed by atoms with Gasteiger partial charge in [-0.1, -0.05) is 13.8 Å². The van der Waals surface area contributed by atoms with Crippen LogP contribution in [0.2, 0.25) is 0 Å². The summed E-state index contributed by atoms with van der Waals surface area (Å²) in [4.78, 5) is 0. The molecule has 0 saturated carbocycles. The van der Waals surface area contributed by atoms with E-state index in [1.165, 1.54) is 24.3 Å². The zero-order valence-corrected chi connectivity index (χ0v) is 9.62. The zero-order valence-electron chi connectivity index (χ0n) is 8.81. The van der Waals surface area contributed by atoms with E-state index >= 15 is 0 Å². The molecule has 1 aliphatic heterocycles. The molecule has 0 radical (unpaired) electrons. The molecule has 0 spiro atoms. The standard InChI is InChI=1S/C10H22N2S/c1-9(2)6-12-10(7-11)4-3-5-13-8-10/h9,12H,3-8,11H2,1-2H3. The quantitative estimate of drug-likeness (QED) is 0.725. The lowest BCUT2D eigenvalue weighted by Gasteiger charge is -2.37. The summed E-state index contributed by atoms with van der Waals surface area (Å²) in [5.74, 6) is 3.22. The molecule has 1 fully saturated rings. The highest BCUT2D eigenvalue weighted by atomic mass is 32.2. The Morgan fingerprint density at radius 1 is 1.54 bits per heavy atom. The van der Waals surface area contributed by atoms with E-state index in [2.05, 4.69) is 19.2 Å². The second-order valence-corrected chi connectivity index (χ2v) is 5.52. The van der Waals surface area contributed by atoms with Gasteiger partial charge < -0.3 is 11.1 Å². The number of nitrogens with two attached hydrogens (primary N) is 1. The van der Waals surface area contributed by atoms with Crippen LogP contribution in [0, 0.1) is 5.92 Å². The third-order valence-corrected chi connectivity index (χ3v) is 3.93. The van der Waals surface area contributed by atoms with Crippen LogP contribution in [0.3, 0.4) is 0 Å². The molecule has 0 amide bonds. The SMILES string of the molecule is CC(C)CNC1(CN)CCCSC1. The van der Waals surface area contributed by atoms with Crippen LogP contribution in [0.1, 0.15) is 26.7 Å². The minimum Gasteiger partial charge on any atom is -0.329 e. The van der Waals surface area contributed by atoms with E-state index in [9.17, 15) is 0 Å². The molecule has 1 unspecified atom stereocenters. The Balaban J connectivity index is 2.38. The van der Waals surface area contributed by atoms with Gasteiger partial charge in [0.15, 0.2) is 0 Å². The highest BCUT2D eigenvalue weighted by Gasteiger charge is 2.30. The van der Waals surface area contributed by atoms with Crippen LogP contribution in [0.4, 0.5) is 0 Å². The maximum absolute atomic E-state index is 5.85. The molecule has 1 heterocycles. The summed E-state index contributed by atoms with van der Waals surface area (Å²) in [6, 6.07) is 0.